The van der Waals surface area contributed by atoms with Crippen LogP contribution >= 0.6 is 23.2 Å². The van der Waals surface area contributed by atoms with Gasteiger partial charge < -0.3 is 4.74 Å². The Morgan fingerprint density at radius 1 is 1.00 bits per heavy atom. The van der Waals surface area contributed by atoms with E-state index >= 15 is 0 Å². The van der Waals surface area contributed by atoms with Crippen LogP contribution in [-0.4, -0.2) is 18.7 Å². The Hall–Kier alpha value is -2.56. The topological polar surface area (TPSA) is 50.7 Å². The number of carbonyl (C=O) groups excluding carboxylic acids is 1. The van der Waals surface area contributed by atoms with Gasteiger partial charge in [0.05, 0.1) is 16.3 Å². The maximum atomic E-state index is 11.9. The Morgan fingerprint density at radius 2 is 1.68 bits per heavy atom. The number of amides is 1. The van der Waals surface area contributed by atoms with E-state index in [-0.39, 0.29) is 12.5 Å². The second-order valence-electron chi connectivity index (χ2n) is 5.19. The SMILES string of the molecule is O=C(COc1cccc2ccccc12)NN=Cc1c(Cl)cccc1Cl. The molecule has 0 aromatic heterocycles. The van der Waals surface area contributed by atoms with Gasteiger partial charge in [0, 0.05) is 10.9 Å². The van der Waals surface area contributed by atoms with Gasteiger partial charge in [-0.3, -0.25) is 4.79 Å². The molecular weight excluding hydrogens is 359 g/mol. The molecule has 0 atom stereocenters. The molecular formula is C19H14Cl2N2O2. The molecule has 0 saturated heterocycles. The van der Waals surface area contributed by atoms with Crippen molar-refractivity contribution >= 4 is 46.1 Å². The summed E-state index contributed by atoms with van der Waals surface area (Å²) in [6.45, 7) is -0.151. The summed E-state index contributed by atoms with van der Waals surface area (Å²) >= 11 is 12.1. The second-order valence-corrected chi connectivity index (χ2v) is 6.01. The molecule has 0 fully saturated rings. The van der Waals surface area contributed by atoms with Crippen LogP contribution in [0.4, 0.5) is 0 Å². The van der Waals surface area contributed by atoms with Crippen LogP contribution in [0.2, 0.25) is 10.0 Å². The molecule has 0 aliphatic carbocycles. The lowest BCUT2D eigenvalue weighted by molar-refractivity contribution is -0.123. The molecule has 3 rings (SSSR count). The van der Waals surface area contributed by atoms with Crippen molar-refractivity contribution in [2.24, 2.45) is 5.10 Å². The van der Waals surface area contributed by atoms with Crippen molar-refractivity contribution < 1.29 is 9.53 Å². The number of carbonyl (C=O) groups is 1. The molecule has 3 aromatic carbocycles. The summed E-state index contributed by atoms with van der Waals surface area (Å²) < 4.78 is 5.59. The van der Waals surface area contributed by atoms with Gasteiger partial charge in [-0.25, -0.2) is 5.43 Å². The number of nitrogens with zero attached hydrogens (tertiary/aromatic N) is 1. The average molecular weight is 373 g/mol. The lowest BCUT2D eigenvalue weighted by atomic mass is 10.1. The monoisotopic (exact) mass is 372 g/mol. The molecule has 0 heterocycles. The minimum Gasteiger partial charge on any atom is -0.483 e. The Bertz CT molecular complexity index is 916. The third kappa shape index (κ3) is 4.29. The number of hydrazone groups is 1. The number of hydrogen-bond acceptors (Lipinski definition) is 3. The van der Waals surface area contributed by atoms with Gasteiger partial charge in [-0.05, 0) is 23.6 Å². The highest BCUT2D eigenvalue weighted by Crippen LogP contribution is 2.25. The highest BCUT2D eigenvalue weighted by atomic mass is 35.5. The summed E-state index contributed by atoms with van der Waals surface area (Å²) in [5.74, 6) is 0.263. The van der Waals surface area contributed by atoms with Crippen molar-refractivity contribution in [2.75, 3.05) is 6.61 Å². The zero-order chi connectivity index (χ0) is 17.6. The van der Waals surface area contributed by atoms with Crippen LogP contribution in [0.1, 0.15) is 5.56 Å². The van der Waals surface area contributed by atoms with Crippen molar-refractivity contribution in [3.05, 3.63) is 76.3 Å². The fraction of sp³-hybridized carbons (Fsp3) is 0.0526. The van der Waals surface area contributed by atoms with Crippen molar-refractivity contribution in [2.45, 2.75) is 0 Å². The second kappa shape index (κ2) is 8.01. The normalized spacial score (nSPS) is 11.0. The van der Waals surface area contributed by atoms with Crippen LogP contribution in [0.15, 0.2) is 65.8 Å². The Balaban J connectivity index is 1.61. The van der Waals surface area contributed by atoms with E-state index in [4.69, 9.17) is 27.9 Å². The van der Waals surface area contributed by atoms with Crippen molar-refractivity contribution in [1.29, 1.82) is 0 Å². The quantitative estimate of drug-likeness (QED) is 0.522. The van der Waals surface area contributed by atoms with Crippen molar-refractivity contribution in [3.63, 3.8) is 0 Å². The number of fused-ring (bicyclic) bond motifs is 1. The zero-order valence-corrected chi connectivity index (χ0v) is 14.6. The molecule has 4 nitrogen and oxygen atoms in total. The lowest BCUT2D eigenvalue weighted by Gasteiger charge is -2.08. The van der Waals surface area contributed by atoms with E-state index in [1.165, 1.54) is 6.21 Å². The first kappa shape index (κ1) is 17.3. The fourth-order valence-electron chi connectivity index (χ4n) is 2.30. The summed E-state index contributed by atoms with van der Waals surface area (Å²) in [6.07, 6.45) is 1.40. The predicted octanol–water partition coefficient (Wildman–Crippen LogP) is 4.68. The molecule has 0 spiro atoms. The van der Waals surface area contributed by atoms with Crippen LogP contribution in [0.3, 0.4) is 0 Å². The van der Waals surface area contributed by atoms with Crippen molar-refractivity contribution in [1.82, 2.24) is 5.43 Å². The van der Waals surface area contributed by atoms with Crippen LogP contribution in [0.25, 0.3) is 10.8 Å². The van der Waals surface area contributed by atoms with Gasteiger partial charge in [-0.1, -0.05) is 65.7 Å². The summed E-state index contributed by atoms with van der Waals surface area (Å²) in [4.78, 5) is 11.9. The molecule has 1 N–H and O–H groups in total. The van der Waals surface area contributed by atoms with E-state index in [0.717, 1.165) is 10.8 Å². The highest BCUT2D eigenvalue weighted by Gasteiger charge is 2.06. The predicted molar refractivity (Wildman–Crippen MR) is 102 cm³/mol. The summed E-state index contributed by atoms with van der Waals surface area (Å²) in [5, 5.41) is 6.77. The maximum absolute atomic E-state index is 11.9. The largest absolute Gasteiger partial charge is 0.483 e. The summed E-state index contributed by atoms with van der Waals surface area (Å²) in [7, 11) is 0. The van der Waals surface area contributed by atoms with E-state index in [2.05, 4.69) is 10.5 Å². The van der Waals surface area contributed by atoms with E-state index in [9.17, 15) is 4.79 Å². The first-order valence-electron chi connectivity index (χ1n) is 7.51. The summed E-state index contributed by atoms with van der Waals surface area (Å²) in [5.41, 5.74) is 2.93. The molecule has 3 aromatic rings. The van der Waals surface area contributed by atoms with Crippen molar-refractivity contribution in [3.8, 4) is 5.75 Å². The minimum absolute atomic E-state index is 0.151. The Labute approximate surface area is 155 Å². The van der Waals surface area contributed by atoms with Crippen LogP contribution in [0.5, 0.6) is 5.75 Å². The molecule has 0 radical (unpaired) electrons. The number of nitrogens with one attached hydrogen (secondary N) is 1. The molecule has 126 valence electrons. The Morgan fingerprint density at radius 3 is 2.48 bits per heavy atom. The molecule has 0 bridgehead atoms. The molecule has 0 unspecified atom stereocenters. The number of hydrogen-bond donors (Lipinski definition) is 1. The third-order valence-corrected chi connectivity index (χ3v) is 4.15. The van der Waals surface area contributed by atoms with Crippen LogP contribution in [0, 0.1) is 0 Å². The highest BCUT2D eigenvalue weighted by molar-refractivity contribution is 6.38. The standard InChI is InChI=1S/C19H14Cl2N2O2/c20-16-8-4-9-17(21)15(16)11-22-23-19(24)12-25-18-10-3-6-13-5-1-2-7-14(13)18/h1-11H,12H2,(H,23,24). The van der Waals surface area contributed by atoms with E-state index in [1.54, 1.807) is 18.2 Å². The molecule has 25 heavy (non-hydrogen) atoms. The first-order valence-corrected chi connectivity index (χ1v) is 8.27. The van der Waals surface area contributed by atoms with E-state index < -0.39 is 0 Å². The molecule has 0 aliphatic rings. The Kier molecular flexibility index (Phi) is 5.53. The molecule has 0 aliphatic heterocycles. The van der Waals surface area contributed by atoms with E-state index in [0.29, 0.717) is 21.4 Å². The maximum Gasteiger partial charge on any atom is 0.277 e. The van der Waals surface area contributed by atoms with Gasteiger partial charge in [0.2, 0.25) is 0 Å². The van der Waals surface area contributed by atoms with Gasteiger partial charge in [0.15, 0.2) is 6.61 Å². The van der Waals surface area contributed by atoms with Crippen LogP contribution in [-0.2, 0) is 4.79 Å². The third-order valence-electron chi connectivity index (χ3n) is 3.49. The number of halogens is 2. The zero-order valence-electron chi connectivity index (χ0n) is 13.1. The van der Waals surface area contributed by atoms with Crippen LogP contribution < -0.4 is 10.2 Å². The average Bonchev–Trinajstić information content (AvgIpc) is 2.62. The van der Waals surface area contributed by atoms with Gasteiger partial charge in [0.1, 0.15) is 5.75 Å². The molecule has 0 saturated carbocycles. The fourth-order valence-corrected chi connectivity index (χ4v) is 2.80. The first-order chi connectivity index (χ1) is 12.1. The molecule has 6 heteroatoms. The smallest absolute Gasteiger partial charge is 0.277 e. The lowest BCUT2D eigenvalue weighted by Crippen LogP contribution is -2.24. The summed E-state index contributed by atoms with van der Waals surface area (Å²) in [6, 6.07) is 18.6. The van der Waals surface area contributed by atoms with Gasteiger partial charge >= 0.3 is 0 Å². The number of rotatable bonds is 5. The van der Waals surface area contributed by atoms with Gasteiger partial charge in [0.25, 0.3) is 5.91 Å². The number of ether oxygens (including phenoxy) is 1. The van der Waals surface area contributed by atoms with Gasteiger partial charge in [-0.2, -0.15) is 5.10 Å². The van der Waals surface area contributed by atoms with E-state index in [1.807, 2.05) is 42.5 Å². The van der Waals surface area contributed by atoms with Gasteiger partial charge in [-0.15, -0.1) is 0 Å². The number of benzene rings is 3. The molecule has 1 amide bonds. The minimum atomic E-state index is -0.382.